The normalized spacial score (nSPS) is 9.64. The van der Waals surface area contributed by atoms with Crippen molar-refractivity contribution in [3.05, 3.63) is 28.0 Å². The maximum Gasteiger partial charge on any atom is 0.151 e. The van der Waals surface area contributed by atoms with Crippen molar-refractivity contribution in [2.75, 3.05) is 0 Å². The summed E-state index contributed by atoms with van der Waals surface area (Å²) in [6.07, 6.45) is 2.13. The molecule has 0 atom stereocenters. The van der Waals surface area contributed by atoms with Crippen LogP contribution < -0.4 is 0 Å². The van der Waals surface area contributed by atoms with E-state index >= 15 is 0 Å². The maximum absolute atomic E-state index is 10.2. The molecule has 0 amide bonds. The Morgan fingerprint density at radius 2 is 2.45 bits per heavy atom. The van der Waals surface area contributed by atoms with E-state index in [0.29, 0.717) is 22.0 Å². The lowest BCUT2D eigenvalue weighted by molar-refractivity contribution is 0.112. The maximum atomic E-state index is 10.2. The van der Waals surface area contributed by atoms with Crippen LogP contribution in [0, 0.1) is 0 Å². The SMILES string of the molecule is O=Cc1cnc(CO)c(Br)c1. The van der Waals surface area contributed by atoms with Gasteiger partial charge >= 0.3 is 0 Å². The quantitative estimate of drug-likeness (QED) is 0.754. The van der Waals surface area contributed by atoms with Crippen LogP contribution in [0.15, 0.2) is 16.7 Å². The van der Waals surface area contributed by atoms with Gasteiger partial charge in [0.2, 0.25) is 0 Å². The first-order valence-electron chi connectivity index (χ1n) is 2.98. The van der Waals surface area contributed by atoms with Crippen LogP contribution >= 0.6 is 15.9 Å². The second-order valence-electron chi connectivity index (χ2n) is 1.97. The Kier molecular flexibility index (Phi) is 2.73. The van der Waals surface area contributed by atoms with Gasteiger partial charge in [0.1, 0.15) is 0 Å². The number of rotatable bonds is 2. The molecule has 1 N–H and O–H groups in total. The molecule has 0 saturated carbocycles. The Balaban J connectivity index is 3.09. The van der Waals surface area contributed by atoms with Crippen molar-refractivity contribution in [1.29, 1.82) is 0 Å². The molecule has 11 heavy (non-hydrogen) atoms. The fraction of sp³-hybridized carbons (Fsp3) is 0.143. The fourth-order valence-electron chi connectivity index (χ4n) is 0.662. The first-order valence-corrected chi connectivity index (χ1v) is 3.77. The number of aliphatic hydroxyl groups excluding tert-OH is 1. The number of aliphatic hydroxyl groups is 1. The number of carbonyl (C=O) groups excluding carboxylic acids is 1. The van der Waals surface area contributed by atoms with Crippen molar-refractivity contribution < 1.29 is 9.90 Å². The van der Waals surface area contributed by atoms with Gasteiger partial charge in [0.15, 0.2) is 6.29 Å². The Hall–Kier alpha value is -0.740. The Labute approximate surface area is 72.2 Å². The van der Waals surface area contributed by atoms with Gasteiger partial charge in [0.25, 0.3) is 0 Å². The van der Waals surface area contributed by atoms with E-state index in [4.69, 9.17) is 5.11 Å². The van der Waals surface area contributed by atoms with Crippen LogP contribution in [0.4, 0.5) is 0 Å². The van der Waals surface area contributed by atoms with Crippen LogP contribution in [0.5, 0.6) is 0 Å². The van der Waals surface area contributed by atoms with Gasteiger partial charge in [-0.25, -0.2) is 0 Å². The van der Waals surface area contributed by atoms with Gasteiger partial charge in [-0.1, -0.05) is 0 Å². The van der Waals surface area contributed by atoms with Crippen LogP contribution in [-0.2, 0) is 6.61 Å². The number of aromatic nitrogens is 1. The molecule has 1 aromatic heterocycles. The lowest BCUT2D eigenvalue weighted by Gasteiger charge is -1.98. The van der Waals surface area contributed by atoms with Crippen molar-refractivity contribution in [3.63, 3.8) is 0 Å². The van der Waals surface area contributed by atoms with Gasteiger partial charge in [-0.15, -0.1) is 0 Å². The van der Waals surface area contributed by atoms with Crippen molar-refractivity contribution in [1.82, 2.24) is 4.98 Å². The number of carbonyl (C=O) groups is 1. The van der Waals surface area contributed by atoms with E-state index in [2.05, 4.69) is 20.9 Å². The van der Waals surface area contributed by atoms with Crippen LogP contribution in [0.25, 0.3) is 0 Å². The molecule has 1 heterocycles. The first-order chi connectivity index (χ1) is 5.27. The van der Waals surface area contributed by atoms with E-state index in [1.807, 2.05) is 0 Å². The highest BCUT2D eigenvalue weighted by Gasteiger charge is 2.00. The molecule has 0 aliphatic rings. The minimum Gasteiger partial charge on any atom is -0.390 e. The minimum atomic E-state index is -0.125. The molecule has 3 nitrogen and oxygen atoms in total. The molecule has 0 radical (unpaired) electrons. The summed E-state index contributed by atoms with van der Waals surface area (Å²) in [6, 6.07) is 1.62. The van der Waals surface area contributed by atoms with E-state index < -0.39 is 0 Å². The predicted octanol–water partition coefficient (Wildman–Crippen LogP) is 1.15. The summed E-state index contributed by atoms with van der Waals surface area (Å²) >= 11 is 3.17. The lowest BCUT2D eigenvalue weighted by Crippen LogP contribution is -1.92. The molecule has 0 aliphatic heterocycles. The number of nitrogens with zero attached hydrogens (tertiary/aromatic N) is 1. The summed E-state index contributed by atoms with van der Waals surface area (Å²) in [5.74, 6) is 0. The van der Waals surface area contributed by atoms with Crippen molar-refractivity contribution in [2.24, 2.45) is 0 Å². The molecule has 0 spiro atoms. The van der Waals surface area contributed by atoms with Gasteiger partial charge in [0.05, 0.1) is 12.3 Å². The van der Waals surface area contributed by atoms with E-state index in [9.17, 15) is 4.79 Å². The largest absolute Gasteiger partial charge is 0.390 e. The molecule has 0 aliphatic carbocycles. The zero-order valence-electron chi connectivity index (χ0n) is 5.62. The summed E-state index contributed by atoms with van der Waals surface area (Å²) in [4.78, 5) is 14.1. The third kappa shape index (κ3) is 1.85. The molecule has 1 aromatic rings. The first kappa shape index (κ1) is 8.36. The molecular formula is C7H6BrNO2. The van der Waals surface area contributed by atoms with Gasteiger partial charge in [-0.2, -0.15) is 0 Å². The van der Waals surface area contributed by atoms with Crippen LogP contribution in [0.1, 0.15) is 16.1 Å². The smallest absolute Gasteiger partial charge is 0.151 e. The monoisotopic (exact) mass is 215 g/mol. The zero-order chi connectivity index (χ0) is 8.27. The number of hydrogen-bond donors (Lipinski definition) is 1. The number of pyridine rings is 1. The van der Waals surface area contributed by atoms with E-state index in [-0.39, 0.29) is 6.61 Å². The number of aldehydes is 1. The van der Waals surface area contributed by atoms with Crippen LogP contribution in [-0.4, -0.2) is 16.4 Å². The highest BCUT2D eigenvalue weighted by molar-refractivity contribution is 9.10. The standard InChI is InChI=1S/C7H6BrNO2/c8-6-1-5(3-10)2-9-7(6)4-11/h1-3,11H,4H2. The van der Waals surface area contributed by atoms with E-state index in [1.54, 1.807) is 6.07 Å². The summed E-state index contributed by atoms with van der Waals surface area (Å²) in [5.41, 5.74) is 1.03. The molecule has 1 rings (SSSR count). The third-order valence-electron chi connectivity index (χ3n) is 1.22. The zero-order valence-corrected chi connectivity index (χ0v) is 7.21. The highest BCUT2D eigenvalue weighted by atomic mass is 79.9. The highest BCUT2D eigenvalue weighted by Crippen LogP contribution is 2.14. The van der Waals surface area contributed by atoms with Crippen LogP contribution in [0.2, 0.25) is 0 Å². The topological polar surface area (TPSA) is 50.2 Å². The molecule has 0 unspecified atom stereocenters. The molecule has 4 heteroatoms. The predicted molar refractivity (Wildman–Crippen MR) is 43.2 cm³/mol. The van der Waals surface area contributed by atoms with Gasteiger partial charge in [-0.05, 0) is 22.0 Å². The number of hydrogen-bond acceptors (Lipinski definition) is 3. The number of halogens is 1. The molecule has 0 bridgehead atoms. The summed E-state index contributed by atoms with van der Waals surface area (Å²) in [6.45, 7) is -0.125. The second-order valence-corrected chi connectivity index (χ2v) is 2.83. The Morgan fingerprint density at radius 1 is 1.73 bits per heavy atom. The summed E-state index contributed by atoms with van der Waals surface area (Å²) in [7, 11) is 0. The molecular weight excluding hydrogens is 210 g/mol. The van der Waals surface area contributed by atoms with Crippen molar-refractivity contribution >= 4 is 22.2 Å². The van der Waals surface area contributed by atoms with E-state index in [0.717, 1.165) is 0 Å². The lowest BCUT2D eigenvalue weighted by atomic mass is 10.3. The summed E-state index contributed by atoms with van der Waals surface area (Å²) < 4.78 is 0.657. The average Bonchev–Trinajstić information content (AvgIpc) is 2.04. The minimum absolute atomic E-state index is 0.125. The third-order valence-corrected chi connectivity index (χ3v) is 1.91. The molecule has 0 fully saturated rings. The Bertz CT molecular complexity index is 275. The van der Waals surface area contributed by atoms with Gasteiger partial charge < -0.3 is 5.11 Å². The second kappa shape index (κ2) is 3.59. The van der Waals surface area contributed by atoms with E-state index in [1.165, 1.54) is 6.20 Å². The fourth-order valence-corrected chi connectivity index (χ4v) is 1.15. The van der Waals surface area contributed by atoms with Crippen LogP contribution in [0.3, 0.4) is 0 Å². The van der Waals surface area contributed by atoms with Crippen molar-refractivity contribution in [3.8, 4) is 0 Å². The molecule has 0 aromatic carbocycles. The summed E-state index contributed by atoms with van der Waals surface area (Å²) in [5, 5.41) is 8.70. The van der Waals surface area contributed by atoms with Gasteiger partial charge in [-0.3, -0.25) is 9.78 Å². The molecule has 58 valence electrons. The van der Waals surface area contributed by atoms with Gasteiger partial charge in [0, 0.05) is 16.2 Å². The van der Waals surface area contributed by atoms with Crippen molar-refractivity contribution in [2.45, 2.75) is 6.61 Å². The molecule has 0 saturated heterocycles. The Morgan fingerprint density at radius 3 is 2.91 bits per heavy atom. The average molecular weight is 216 g/mol.